The topological polar surface area (TPSA) is 46.3 Å². The molecule has 0 saturated carbocycles. The molecule has 1 aliphatic heterocycles. The van der Waals surface area contributed by atoms with Gasteiger partial charge in [0.1, 0.15) is 0 Å². The number of hydrogen-bond donors (Lipinski definition) is 1. The van der Waals surface area contributed by atoms with Crippen molar-refractivity contribution in [2.45, 2.75) is 13.5 Å². The molecule has 0 radical (unpaired) electrons. The first-order chi connectivity index (χ1) is 7.70. The molecule has 1 heterocycles. The molecular weight excluding hydrogens is 220 g/mol. The van der Waals surface area contributed by atoms with Gasteiger partial charge in [-0.3, -0.25) is 4.21 Å². The molecule has 0 bridgehead atoms. The van der Waals surface area contributed by atoms with Crippen LogP contribution in [0, 0.1) is 6.92 Å². The van der Waals surface area contributed by atoms with Gasteiger partial charge in [-0.2, -0.15) is 0 Å². The van der Waals surface area contributed by atoms with Crippen molar-refractivity contribution in [3.8, 4) is 0 Å². The van der Waals surface area contributed by atoms with Crippen LogP contribution in [-0.4, -0.2) is 28.8 Å². The maximum Gasteiger partial charge on any atom is 0.0414 e. The third-order valence-electron chi connectivity index (χ3n) is 2.98. The fourth-order valence-corrected chi connectivity index (χ4v) is 3.07. The van der Waals surface area contributed by atoms with Gasteiger partial charge in [0.25, 0.3) is 0 Å². The highest BCUT2D eigenvalue weighted by Gasteiger charge is 2.17. The van der Waals surface area contributed by atoms with Gasteiger partial charge in [-0.1, -0.05) is 12.1 Å². The van der Waals surface area contributed by atoms with Crippen molar-refractivity contribution >= 4 is 16.5 Å². The maximum absolute atomic E-state index is 11.3. The van der Waals surface area contributed by atoms with Gasteiger partial charge in [-0.15, -0.1) is 0 Å². The highest BCUT2D eigenvalue weighted by Crippen LogP contribution is 2.23. The van der Waals surface area contributed by atoms with Gasteiger partial charge < -0.3 is 10.6 Å². The summed E-state index contributed by atoms with van der Waals surface area (Å²) in [5.41, 5.74) is 9.40. The smallest absolute Gasteiger partial charge is 0.0414 e. The van der Waals surface area contributed by atoms with Crippen LogP contribution in [0.1, 0.15) is 11.1 Å². The molecule has 2 rings (SSSR count). The van der Waals surface area contributed by atoms with Crippen molar-refractivity contribution in [1.29, 1.82) is 0 Å². The van der Waals surface area contributed by atoms with Crippen LogP contribution in [0.3, 0.4) is 0 Å². The summed E-state index contributed by atoms with van der Waals surface area (Å²) < 4.78 is 11.3. The van der Waals surface area contributed by atoms with Crippen molar-refractivity contribution < 1.29 is 4.21 Å². The van der Waals surface area contributed by atoms with E-state index in [0.717, 1.165) is 24.6 Å². The highest BCUT2D eigenvalue weighted by atomic mass is 32.2. The van der Waals surface area contributed by atoms with Crippen LogP contribution in [0.15, 0.2) is 18.2 Å². The summed E-state index contributed by atoms with van der Waals surface area (Å²) >= 11 is 0. The van der Waals surface area contributed by atoms with E-state index in [1.54, 1.807) is 0 Å². The molecule has 2 N–H and O–H groups in total. The van der Waals surface area contributed by atoms with Crippen LogP contribution in [0.25, 0.3) is 0 Å². The standard InChI is InChI=1S/C12H18N2OS/c1-10-2-3-11(9-13)12(8-10)14-4-6-16(15)7-5-14/h2-3,8H,4-7,9,13H2,1H3. The summed E-state index contributed by atoms with van der Waals surface area (Å²) in [6, 6.07) is 6.36. The lowest BCUT2D eigenvalue weighted by atomic mass is 10.1. The van der Waals surface area contributed by atoms with Crippen LogP contribution in [0.4, 0.5) is 5.69 Å². The molecule has 0 aromatic heterocycles. The number of rotatable bonds is 2. The largest absolute Gasteiger partial charge is 0.369 e. The molecule has 1 aromatic rings. The SMILES string of the molecule is Cc1ccc(CN)c(N2CCS(=O)CC2)c1. The zero-order chi connectivity index (χ0) is 11.5. The van der Waals surface area contributed by atoms with Crippen molar-refractivity contribution in [3.05, 3.63) is 29.3 Å². The Labute approximate surface area is 99.1 Å². The Bertz CT molecular complexity index is 396. The third-order valence-corrected chi connectivity index (χ3v) is 4.25. The number of anilines is 1. The minimum absolute atomic E-state index is 0.565. The van der Waals surface area contributed by atoms with Gasteiger partial charge in [-0.25, -0.2) is 0 Å². The molecule has 1 aliphatic rings. The van der Waals surface area contributed by atoms with E-state index in [0.29, 0.717) is 6.54 Å². The van der Waals surface area contributed by atoms with Gasteiger partial charge >= 0.3 is 0 Å². The van der Waals surface area contributed by atoms with Crippen molar-refractivity contribution in [2.75, 3.05) is 29.5 Å². The number of aryl methyl sites for hydroxylation is 1. The number of benzene rings is 1. The summed E-state index contributed by atoms with van der Waals surface area (Å²) in [4.78, 5) is 2.30. The normalized spacial score (nSPS) is 17.8. The van der Waals surface area contributed by atoms with Crippen molar-refractivity contribution in [3.63, 3.8) is 0 Å². The first-order valence-electron chi connectivity index (χ1n) is 5.60. The lowest BCUT2D eigenvalue weighted by Gasteiger charge is -2.30. The van der Waals surface area contributed by atoms with Gasteiger partial charge in [0.05, 0.1) is 0 Å². The molecule has 1 saturated heterocycles. The van der Waals surface area contributed by atoms with Gasteiger partial charge in [0.15, 0.2) is 0 Å². The molecule has 16 heavy (non-hydrogen) atoms. The second kappa shape index (κ2) is 4.97. The van der Waals surface area contributed by atoms with E-state index in [1.807, 2.05) is 0 Å². The average Bonchev–Trinajstić information content (AvgIpc) is 2.30. The molecule has 1 aromatic carbocycles. The zero-order valence-electron chi connectivity index (χ0n) is 9.61. The highest BCUT2D eigenvalue weighted by molar-refractivity contribution is 7.85. The number of nitrogens with zero attached hydrogens (tertiary/aromatic N) is 1. The zero-order valence-corrected chi connectivity index (χ0v) is 10.4. The minimum atomic E-state index is -0.621. The first kappa shape index (κ1) is 11.6. The van der Waals surface area contributed by atoms with E-state index in [1.165, 1.54) is 16.8 Å². The average molecular weight is 238 g/mol. The predicted octanol–water partition coefficient (Wildman–Crippen LogP) is 1.02. The van der Waals surface area contributed by atoms with Crippen LogP contribution < -0.4 is 10.6 Å². The molecule has 0 unspecified atom stereocenters. The van der Waals surface area contributed by atoms with E-state index >= 15 is 0 Å². The van der Waals surface area contributed by atoms with E-state index in [4.69, 9.17) is 5.73 Å². The van der Waals surface area contributed by atoms with Crippen LogP contribution in [-0.2, 0) is 17.3 Å². The second-order valence-electron chi connectivity index (χ2n) is 4.17. The maximum atomic E-state index is 11.3. The number of hydrogen-bond acceptors (Lipinski definition) is 3. The summed E-state index contributed by atoms with van der Waals surface area (Å²) in [6.07, 6.45) is 0. The Hall–Kier alpha value is -0.870. The fraction of sp³-hybridized carbons (Fsp3) is 0.500. The lowest BCUT2D eigenvalue weighted by Crippen LogP contribution is -2.38. The Balaban J connectivity index is 2.24. The van der Waals surface area contributed by atoms with Crippen LogP contribution in [0.5, 0.6) is 0 Å². The van der Waals surface area contributed by atoms with E-state index in [9.17, 15) is 4.21 Å². The summed E-state index contributed by atoms with van der Waals surface area (Å²) in [5, 5.41) is 0. The Morgan fingerprint density at radius 2 is 2.06 bits per heavy atom. The molecule has 0 amide bonds. The summed E-state index contributed by atoms with van der Waals surface area (Å²) in [7, 11) is -0.621. The Morgan fingerprint density at radius 3 is 2.69 bits per heavy atom. The summed E-state index contributed by atoms with van der Waals surface area (Å²) in [6.45, 7) is 4.41. The Kier molecular flexibility index (Phi) is 3.61. The summed E-state index contributed by atoms with van der Waals surface area (Å²) in [5.74, 6) is 1.55. The number of nitrogens with two attached hydrogens (primary N) is 1. The molecule has 88 valence electrons. The molecule has 1 fully saturated rings. The van der Waals surface area contributed by atoms with E-state index in [2.05, 4.69) is 30.0 Å². The monoisotopic (exact) mass is 238 g/mol. The predicted molar refractivity (Wildman–Crippen MR) is 69.2 cm³/mol. The molecule has 3 nitrogen and oxygen atoms in total. The van der Waals surface area contributed by atoms with Crippen molar-refractivity contribution in [1.82, 2.24) is 0 Å². The molecule has 0 spiro atoms. The van der Waals surface area contributed by atoms with Crippen molar-refractivity contribution in [2.24, 2.45) is 5.73 Å². The Morgan fingerprint density at radius 1 is 1.38 bits per heavy atom. The molecule has 0 atom stereocenters. The first-order valence-corrected chi connectivity index (χ1v) is 7.09. The molecule has 4 heteroatoms. The van der Waals surface area contributed by atoms with Gasteiger partial charge in [0, 0.05) is 47.6 Å². The molecular formula is C12H18N2OS. The second-order valence-corrected chi connectivity index (χ2v) is 5.87. The van der Waals surface area contributed by atoms with Gasteiger partial charge in [0.2, 0.25) is 0 Å². The minimum Gasteiger partial charge on any atom is -0.369 e. The van der Waals surface area contributed by atoms with E-state index < -0.39 is 10.8 Å². The molecule has 0 aliphatic carbocycles. The quantitative estimate of drug-likeness (QED) is 0.837. The van der Waals surface area contributed by atoms with Gasteiger partial charge in [-0.05, 0) is 24.1 Å². The lowest BCUT2D eigenvalue weighted by molar-refractivity contribution is 0.673. The van der Waals surface area contributed by atoms with Crippen LogP contribution in [0.2, 0.25) is 0 Å². The third kappa shape index (κ3) is 2.44. The van der Waals surface area contributed by atoms with E-state index in [-0.39, 0.29) is 0 Å². The van der Waals surface area contributed by atoms with Crippen LogP contribution >= 0.6 is 0 Å². The fourth-order valence-electron chi connectivity index (χ4n) is 2.02.